The van der Waals surface area contributed by atoms with Crippen LogP contribution in [0.5, 0.6) is 0 Å². The molecule has 0 amide bonds. The molecule has 0 saturated carbocycles. The summed E-state index contributed by atoms with van der Waals surface area (Å²) in [6.45, 7) is 1.44. The minimum Gasteiger partial charge on any atom is -0.399 e. The third-order valence-electron chi connectivity index (χ3n) is 3.22. The molecule has 0 spiro atoms. The van der Waals surface area contributed by atoms with E-state index in [1.54, 1.807) is 41.6 Å². The van der Waals surface area contributed by atoms with Gasteiger partial charge < -0.3 is 10.3 Å². The van der Waals surface area contributed by atoms with E-state index in [-0.39, 0.29) is 5.56 Å². The van der Waals surface area contributed by atoms with Gasteiger partial charge >= 0.3 is 0 Å². The van der Waals surface area contributed by atoms with E-state index in [2.05, 4.69) is 9.97 Å². The van der Waals surface area contributed by atoms with Gasteiger partial charge in [-0.1, -0.05) is 0 Å². The van der Waals surface area contributed by atoms with E-state index in [0.29, 0.717) is 23.1 Å². The molecule has 0 aliphatic heterocycles. The molecule has 0 aliphatic rings. The van der Waals surface area contributed by atoms with Gasteiger partial charge in [-0.15, -0.1) is 0 Å². The second kappa shape index (κ2) is 5.16. The molecule has 1 aromatic carbocycles. The molecule has 6 heteroatoms. The molecule has 0 saturated heterocycles. The maximum absolute atomic E-state index is 12.3. The Labute approximate surface area is 115 Å². The monoisotopic (exact) mass is 269 g/mol. The van der Waals surface area contributed by atoms with E-state index in [9.17, 15) is 4.79 Å². The fourth-order valence-electron chi connectivity index (χ4n) is 2.18. The maximum Gasteiger partial charge on any atom is 0.261 e. The van der Waals surface area contributed by atoms with E-state index >= 15 is 0 Å². The van der Waals surface area contributed by atoms with Gasteiger partial charge in [-0.2, -0.15) is 0 Å². The van der Waals surface area contributed by atoms with Gasteiger partial charge in [0.15, 0.2) is 0 Å². The highest BCUT2D eigenvalue weighted by molar-refractivity contribution is 5.80. The molecule has 2 heterocycles. The topological polar surface area (TPSA) is 78.7 Å². The Morgan fingerprint density at radius 2 is 2.10 bits per heavy atom. The zero-order valence-corrected chi connectivity index (χ0v) is 10.9. The average Bonchev–Trinajstić information content (AvgIpc) is 2.95. The molecule has 2 aromatic heterocycles. The summed E-state index contributed by atoms with van der Waals surface area (Å²) in [5.41, 5.74) is 6.93. The first-order valence-electron chi connectivity index (χ1n) is 6.44. The number of fused-ring (bicyclic) bond motifs is 1. The second-order valence-electron chi connectivity index (χ2n) is 4.67. The third kappa shape index (κ3) is 2.40. The Kier molecular flexibility index (Phi) is 3.20. The van der Waals surface area contributed by atoms with Gasteiger partial charge in [0.05, 0.1) is 23.6 Å². The summed E-state index contributed by atoms with van der Waals surface area (Å²) < 4.78 is 3.61. The van der Waals surface area contributed by atoms with Crippen LogP contribution in [0.25, 0.3) is 10.9 Å². The van der Waals surface area contributed by atoms with Gasteiger partial charge in [-0.3, -0.25) is 9.36 Å². The largest absolute Gasteiger partial charge is 0.399 e. The van der Waals surface area contributed by atoms with Gasteiger partial charge in [0, 0.05) is 31.2 Å². The summed E-state index contributed by atoms with van der Waals surface area (Å²) in [5.74, 6) is 0. The van der Waals surface area contributed by atoms with Crippen molar-refractivity contribution in [1.29, 1.82) is 0 Å². The van der Waals surface area contributed by atoms with Gasteiger partial charge in [0.1, 0.15) is 0 Å². The predicted molar refractivity (Wildman–Crippen MR) is 77.3 cm³/mol. The molecule has 3 aromatic rings. The highest BCUT2D eigenvalue weighted by Gasteiger charge is 2.04. The third-order valence-corrected chi connectivity index (χ3v) is 3.22. The number of hydrogen-bond donors (Lipinski definition) is 1. The Morgan fingerprint density at radius 3 is 2.90 bits per heavy atom. The standard InChI is InChI=1S/C14H15N5O/c15-11-2-3-13-12(8-11)14(20)19(10-17-13)6-1-5-18-7-4-16-9-18/h2-4,7-10H,1,5-6,15H2. The van der Waals surface area contributed by atoms with E-state index in [0.717, 1.165) is 13.0 Å². The van der Waals surface area contributed by atoms with Crippen LogP contribution in [0, 0.1) is 0 Å². The second-order valence-corrected chi connectivity index (χ2v) is 4.67. The number of rotatable bonds is 4. The van der Waals surface area contributed by atoms with Crippen molar-refractivity contribution in [2.45, 2.75) is 19.5 Å². The SMILES string of the molecule is Nc1ccc2ncn(CCCn3ccnc3)c(=O)c2c1. The maximum atomic E-state index is 12.3. The zero-order valence-electron chi connectivity index (χ0n) is 10.9. The van der Waals surface area contributed by atoms with Gasteiger partial charge in [0.25, 0.3) is 5.56 Å². The molecular weight excluding hydrogens is 254 g/mol. The summed E-state index contributed by atoms with van der Waals surface area (Å²) in [7, 11) is 0. The number of anilines is 1. The van der Waals surface area contributed by atoms with Crippen molar-refractivity contribution in [1.82, 2.24) is 19.1 Å². The first kappa shape index (κ1) is 12.4. The number of hydrogen-bond acceptors (Lipinski definition) is 4. The number of nitrogens with two attached hydrogens (primary N) is 1. The van der Waals surface area contributed by atoms with Crippen molar-refractivity contribution < 1.29 is 0 Å². The van der Waals surface area contributed by atoms with Crippen LogP contribution in [0.1, 0.15) is 6.42 Å². The molecule has 0 atom stereocenters. The number of benzene rings is 1. The normalized spacial score (nSPS) is 11.0. The minimum atomic E-state index is -0.0482. The lowest BCUT2D eigenvalue weighted by molar-refractivity contribution is 0.550. The summed E-state index contributed by atoms with van der Waals surface area (Å²) >= 11 is 0. The van der Waals surface area contributed by atoms with E-state index in [4.69, 9.17) is 5.73 Å². The molecular formula is C14H15N5O. The molecule has 0 unspecified atom stereocenters. The lowest BCUT2D eigenvalue weighted by Crippen LogP contribution is -2.21. The van der Waals surface area contributed by atoms with Crippen molar-refractivity contribution in [3.63, 3.8) is 0 Å². The van der Waals surface area contributed by atoms with Gasteiger partial charge in [-0.25, -0.2) is 9.97 Å². The predicted octanol–water partition coefficient (Wildman–Crippen LogP) is 1.27. The van der Waals surface area contributed by atoms with Crippen LogP contribution in [0.15, 0.2) is 48.0 Å². The average molecular weight is 269 g/mol. The van der Waals surface area contributed by atoms with E-state index in [1.165, 1.54) is 0 Å². The number of nitrogens with zero attached hydrogens (tertiary/aromatic N) is 4. The smallest absolute Gasteiger partial charge is 0.261 e. The zero-order chi connectivity index (χ0) is 13.9. The summed E-state index contributed by atoms with van der Waals surface area (Å²) in [5, 5.41) is 0.565. The number of nitrogen functional groups attached to an aromatic ring is 1. The fraction of sp³-hybridized carbons (Fsp3) is 0.214. The van der Waals surface area contributed by atoms with Crippen molar-refractivity contribution >= 4 is 16.6 Å². The molecule has 3 rings (SSSR count). The van der Waals surface area contributed by atoms with Crippen LogP contribution >= 0.6 is 0 Å². The van der Waals surface area contributed by atoms with Crippen LogP contribution in [0.3, 0.4) is 0 Å². The van der Waals surface area contributed by atoms with Gasteiger partial charge in [-0.05, 0) is 24.6 Å². The number of aromatic nitrogens is 4. The lowest BCUT2D eigenvalue weighted by atomic mass is 10.2. The van der Waals surface area contributed by atoms with Crippen molar-refractivity contribution in [2.24, 2.45) is 0 Å². The molecule has 0 fully saturated rings. The van der Waals surface area contributed by atoms with Crippen molar-refractivity contribution in [3.05, 3.63) is 53.6 Å². The van der Waals surface area contributed by atoms with Crippen LogP contribution < -0.4 is 11.3 Å². The van der Waals surface area contributed by atoms with Gasteiger partial charge in [0.2, 0.25) is 0 Å². The molecule has 20 heavy (non-hydrogen) atoms. The Hall–Kier alpha value is -2.63. The lowest BCUT2D eigenvalue weighted by Gasteiger charge is -2.07. The van der Waals surface area contributed by atoms with E-state index in [1.807, 2.05) is 10.8 Å². The summed E-state index contributed by atoms with van der Waals surface area (Å²) in [6, 6.07) is 5.19. The number of aryl methyl sites for hydroxylation is 2. The van der Waals surface area contributed by atoms with Crippen molar-refractivity contribution in [2.75, 3.05) is 5.73 Å². The summed E-state index contributed by atoms with van der Waals surface area (Å²) in [6.07, 6.45) is 7.84. The van der Waals surface area contributed by atoms with Crippen LogP contribution in [-0.4, -0.2) is 19.1 Å². The molecule has 0 aliphatic carbocycles. The molecule has 0 radical (unpaired) electrons. The Morgan fingerprint density at radius 1 is 1.20 bits per heavy atom. The summed E-state index contributed by atoms with van der Waals surface area (Å²) in [4.78, 5) is 20.6. The van der Waals surface area contributed by atoms with Crippen LogP contribution in [0.4, 0.5) is 5.69 Å². The minimum absolute atomic E-state index is 0.0482. The molecule has 102 valence electrons. The van der Waals surface area contributed by atoms with Crippen molar-refractivity contribution in [3.8, 4) is 0 Å². The van der Waals surface area contributed by atoms with Crippen LogP contribution in [-0.2, 0) is 13.1 Å². The highest BCUT2D eigenvalue weighted by Crippen LogP contribution is 2.11. The Balaban J connectivity index is 1.81. The molecule has 6 nitrogen and oxygen atoms in total. The molecule has 2 N–H and O–H groups in total. The highest BCUT2D eigenvalue weighted by atomic mass is 16.1. The first-order chi connectivity index (χ1) is 9.74. The fourth-order valence-corrected chi connectivity index (χ4v) is 2.18. The van der Waals surface area contributed by atoms with E-state index < -0.39 is 0 Å². The Bertz CT molecular complexity index is 776. The number of imidazole rings is 1. The molecule has 0 bridgehead atoms. The first-order valence-corrected chi connectivity index (χ1v) is 6.44. The quantitative estimate of drug-likeness (QED) is 0.723. The van der Waals surface area contributed by atoms with Crippen LogP contribution in [0.2, 0.25) is 0 Å².